The lowest BCUT2D eigenvalue weighted by Gasteiger charge is -2.25. The number of carbonyl (C=O) groups is 1. The molecule has 1 aromatic heterocycles. The number of carboxylic acid groups (broad SMARTS) is 1. The molecule has 1 N–H and O–H groups in total. The Kier molecular flexibility index (Phi) is 1.88. The van der Waals surface area contributed by atoms with Gasteiger partial charge in [-0.1, -0.05) is 11.6 Å². The highest BCUT2D eigenvalue weighted by Crippen LogP contribution is 2.17. The minimum Gasteiger partial charge on any atom is -0.465 e. The number of amides is 1. The van der Waals surface area contributed by atoms with Gasteiger partial charge in [0.05, 0.1) is 12.7 Å². The van der Waals surface area contributed by atoms with Crippen LogP contribution < -0.4 is 0 Å². The highest BCUT2D eigenvalue weighted by molar-refractivity contribution is 6.29. The van der Waals surface area contributed by atoms with Crippen molar-refractivity contribution in [3.63, 3.8) is 0 Å². The summed E-state index contributed by atoms with van der Waals surface area (Å²) in [7, 11) is 0. The third-order valence-corrected chi connectivity index (χ3v) is 2.39. The summed E-state index contributed by atoms with van der Waals surface area (Å²) in [6.07, 6.45) is 0.632. The van der Waals surface area contributed by atoms with Gasteiger partial charge < -0.3 is 9.67 Å². The first-order valence-corrected chi connectivity index (χ1v) is 4.24. The zero-order chi connectivity index (χ0) is 9.42. The Bertz CT molecular complexity index is 350. The van der Waals surface area contributed by atoms with Crippen molar-refractivity contribution < 1.29 is 9.90 Å². The van der Waals surface area contributed by atoms with Crippen molar-refractivity contribution in [2.24, 2.45) is 0 Å². The molecule has 6 heteroatoms. The number of imidazole rings is 1. The van der Waals surface area contributed by atoms with Gasteiger partial charge in [0.2, 0.25) is 0 Å². The van der Waals surface area contributed by atoms with Crippen LogP contribution in [-0.4, -0.2) is 32.2 Å². The summed E-state index contributed by atoms with van der Waals surface area (Å²) in [4.78, 5) is 16.0. The van der Waals surface area contributed by atoms with E-state index >= 15 is 0 Å². The molecule has 1 aliphatic rings. The van der Waals surface area contributed by atoms with Gasteiger partial charge in [0, 0.05) is 13.1 Å². The first kappa shape index (κ1) is 8.37. The Morgan fingerprint density at radius 3 is 3.08 bits per heavy atom. The minimum absolute atomic E-state index is 0.321. The topological polar surface area (TPSA) is 58.4 Å². The Labute approximate surface area is 79.5 Å². The molecule has 0 radical (unpaired) electrons. The lowest BCUT2D eigenvalue weighted by molar-refractivity contribution is 0.131. The van der Waals surface area contributed by atoms with Gasteiger partial charge in [0.25, 0.3) is 0 Å². The molecule has 0 aliphatic carbocycles. The Morgan fingerprint density at radius 1 is 1.62 bits per heavy atom. The maximum Gasteiger partial charge on any atom is 0.407 e. The maximum absolute atomic E-state index is 10.6. The van der Waals surface area contributed by atoms with E-state index in [0.717, 1.165) is 0 Å². The Balaban J connectivity index is 2.25. The molecule has 5 nitrogen and oxygen atoms in total. The molecule has 1 aromatic rings. The number of hydrogen-bond acceptors (Lipinski definition) is 2. The molecule has 0 spiro atoms. The zero-order valence-corrected chi connectivity index (χ0v) is 7.53. The Morgan fingerprint density at radius 2 is 2.38 bits per heavy atom. The van der Waals surface area contributed by atoms with E-state index in [-0.39, 0.29) is 0 Å². The molecule has 0 unspecified atom stereocenters. The summed E-state index contributed by atoms with van der Waals surface area (Å²) in [5.74, 6) is 0.707. The Hall–Kier alpha value is -1.23. The van der Waals surface area contributed by atoms with E-state index in [9.17, 15) is 4.79 Å². The van der Waals surface area contributed by atoms with Crippen molar-refractivity contribution in [2.75, 3.05) is 6.54 Å². The third kappa shape index (κ3) is 1.35. The second kappa shape index (κ2) is 2.92. The van der Waals surface area contributed by atoms with Crippen LogP contribution in [0.3, 0.4) is 0 Å². The van der Waals surface area contributed by atoms with Crippen molar-refractivity contribution in [3.8, 4) is 0 Å². The van der Waals surface area contributed by atoms with E-state index in [1.807, 2.05) is 4.57 Å². The van der Waals surface area contributed by atoms with Gasteiger partial charge in [-0.2, -0.15) is 0 Å². The summed E-state index contributed by atoms with van der Waals surface area (Å²) in [6.45, 7) is 1.38. The predicted octanol–water partition coefficient (Wildman–Crippen LogP) is 1.03. The van der Waals surface area contributed by atoms with Crippen LogP contribution in [0.5, 0.6) is 0 Å². The fraction of sp³-hybridized carbons (Fsp3) is 0.429. The van der Waals surface area contributed by atoms with Crippen LogP contribution in [0, 0.1) is 0 Å². The van der Waals surface area contributed by atoms with E-state index in [4.69, 9.17) is 16.7 Å². The molecule has 0 saturated heterocycles. The molecular weight excluding hydrogens is 194 g/mol. The zero-order valence-electron chi connectivity index (χ0n) is 6.77. The van der Waals surface area contributed by atoms with Gasteiger partial charge in [-0.15, -0.1) is 0 Å². The second-order valence-electron chi connectivity index (χ2n) is 2.85. The second-order valence-corrected chi connectivity index (χ2v) is 3.24. The number of halogens is 1. The summed E-state index contributed by atoms with van der Waals surface area (Å²) in [5.41, 5.74) is 0. The quantitative estimate of drug-likeness (QED) is 0.682. The largest absolute Gasteiger partial charge is 0.465 e. The van der Waals surface area contributed by atoms with Gasteiger partial charge in [0.15, 0.2) is 0 Å². The first-order valence-electron chi connectivity index (χ1n) is 3.86. The van der Waals surface area contributed by atoms with E-state index in [0.29, 0.717) is 30.6 Å². The molecule has 70 valence electrons. The summed E-state index contributed by atoms with van der Waals surface area (Å²) in [5, 5.41) is 9.30. The average Bonchev–Trinajstić information content (AvgIpc) is 2.47. The van der Waals surface area contributed by atoms with E-state index < -0.39 is 6.09 Å². The molecule has 0 bridgehead atoms. The van der Waals surface area contributed by atoms with Gasteiger partial charge >= 0.3 is 6.09 Å². The van der Waals surface area contributed by atoms with Crippen LogP contribution in [0.25, 0.3) is 0 Å². The highest BCUT2D eigenvalue weighted by Gasteiger charge is 2.21. The van der Waals surface area contributed by atoms with Crippen LogP contribution >= 0.6 is 11.6 Å². The number of aromatic nitrogens is 2. The van der Waals surface area contributed by atoms with Gasteiger partial charge in [0.1, 0.15) is 11.0 Å². The van der Waals surface area contributed by atoms with E-state index in [2.05, 4.69) is 4.98 Å². The minimum atomic E-state index is -0.912. The SMILES string of the molecule is O=C(O)N1CCn2c(Cl)cnc2C1. The molecule has 1 amide bonds. The van der Waals surface area contributed by atoms with Crippen molar-refractivity contribution in [2.45, 2.75) is 13.1 Å². The van der Waals surface area contributed by atoms with Gasteiger partial charge in [-0.25, -0.2) is 9.78 Å². The average molecular weight is 202 g/mol. The molecule has 0 saturated carbocycles. The van der Waals surface area contributed by atoms with Gasteiger partial charge in [-0.3, -0.25) is 4.90 Å². The van der Waals surface area contributed by atoms with Crippen LogP contribution in [0.15, 0.2) is 6.20 Å². The smallest absolute Gasteiger partial charge is 0.407 e. The highest BCUT2D eigenvalue weighted by atomic mass is 35.5. The van der Waals surface area contributed by atoms with Crippen molar-refractivity contribution in [1.82, 2.24) is 14.5 Å². The van der Waals surface area contributed by atoms with Crippen molar-refractivity contribution in [1.29, 1.82) is 0 Å². The number of hydrogen-bond donors (Lipinski definition) is 1. The van der Waals surface area contributed by atoms with Crippen LogP contribution in [0.1, 0.15) is 5.82 Å². The molecule has 2 heterocycles. The monoisotopic (exact) mass is 201 g/mol. The van der Waals surface area contributed by atoms with Crippen LogP contribution in [0.2, 0.25) is 5.15 Å². The fourth-order valence-electron chi connectivity index (χ4n) is 1.39. The summed E-state index contributed by atoms with van der Waals surface area (Å²) >= 11 is 5.82. The molecule has 2 rings (SSSR count). The van der Waals surface area contributed by atoms with Gasteiger partial charge in [-0.05, 0) is 0 Å². The van der Waals surface area contributed by atoms with Crippen molar-refractivity contribution >= 4 is 17.7 Å². The fourth-order valence-corrected chi connectivity index (χ4v) is 1.62. The van der Waals surface area contributed by atoms with Crippen LogP contribution in [-0.2, 0) is 13.1 Å². The predicted molar refractivity (Wildman–Crippen MR) is 45.7 cm³/mol. The molecule has 0 atom stereocenters. The van der Waals surface area contributed by atoms with Crippen LogP contribution in [0.4, 0.5) is 4.79 Å². The normalized spacial score (nSPS) is 15.6. The number of fused-ring (bicyclic) bond motifs is 1. The molecule has 0 aromatic carbocycles. The third-order valence-electron chi connectivity index (χ3n) is 2.09. The van der Waals surface area contributed by atoms with E-state index in [1.165, 1.54) is 4.90 Å². The summed E-state index contributed by atoms with van der Waals surface area (Å²) in [6, 6.07) is 0. The first-order chi connectivity index (χ1) is 6.18. The van der Waals surface area contributed by atoms with E-state index in [1.54, 1.807) is 6.20 Å². The molecule has 1 aliphatic heterocycles. The standard InChI is InChI=1S/C7H8ClN3O2/c8-5-3-9-6-4-10(7(12)13)1-2-11(5)6/h3H,1-2,4H2,(H,12,13). The summed E-state index contributed by atoms with van der Waals surface area (Å²) < 4.78 is 1.82. The maximum atomic E-state index is 10.6. The lowest BCUT2D eigenvalue weighted by Crippen LogP contribution is -2.37. The number of rotatable bonds is 0. The van der Waals surface area contributed by atoms with Crippen molar-refractivity contribution in [3.05, 3.63) is 17.2 Å². The molecule has 0 fully saturated rings. The molecule has 13 heavy (non-hydrogen) atoms. The lowest BCUT2D eigenvalue weighted by atomic mass is 10.4. The molecular formula is C7H8ClN3O2. The number of nitrogens with zero attached hydrogens (tertiary/aromatic N) is 3.